The molecule has 0 spiro atoms. The highest BCUT2D eigenvalue weighted by Gasteiger charge is 2.38. The first-order valence-electron chi connectivity index (χ1n) is 6.60. The third kappa shape index (κ3) is 2.71. The predicted octanol–water partition coefficient (Wildman–Crippen LogP) is 1.60. The zero-order valence-corrected chi connectivity index (χ0v) is 12.7. The Balaban J connectivity index is 2.19. The highest BCUT2D eigenvalue weighted by Crippen LogP contribution is 2.28. The van der Waals surface area contributed by atoms with Crippen molar-refractivity contribution in [3.05, 3.63) is 23.8 Å². The lowest BCUT2D eigenvalue weighted by Crippen LogP contribution is -2.52. The zero-order valence-electron chi connectivity index (χ0n) is 11.9. The molecule has 6 heteroatoms. The van der Waals surface area contributed by atoms with Gasteiger partial charge in [0.15, 0.2) is 0 Å². The van der Waals surface area contributed by atoms with E-state index >= 15 is 0 Å². The molecule has 0 saturated carbocycles. The van der Waals surface area contributed by atoms with Crippen LogP contribution in [0.2, 0.25) is 0 Å². The SMILES string of the molecule is CCOc1ccc(S(=O)(=O)N2CC(C(C)=O)C2)cc1C. The third-order valence-electron chi connectivity index (χ3n) is 3.51. The van der Waals surface area contributed by atoms with E-state index in [2.05, 4.69) is 0 Å². The minimum absolute atomic E-state index is 0.0410. The highest BCUT2D eigenvalue weighted by atomic mass is 32.2. The molecule has 2 rings (SSSR count). The predicted molar refractivity (Wildman–Crippen MR) is 75.3 cm³/mol. The van der Waals surface area contributed by atoms with Crippen LogP contribution in [0.25, 0.3) is 0 Å². The van der Waals surface area contributed by atoms with Gasteiger partial charge in [-0.25, -0.2) is 8.42 Å². The van der Waals surface area contributed by atoms with Crippen molar-refractivity contribution in [2.45, 2.75) is 25.7 Å². The van der Waals surface area contributed by atoms with E-state index in [1.807, 2.05) is 13.8 Å². The van der Waals surface area contributed by atoms with E-state index in [9.17, 15) is 13.2 Å². The van der Waals surface area contributed by atoms with E-state index in [1.165, 1.54) is 11.2 Å². The number of benzene rings is 1. The van der Waals surface area contributed by atoms with Gasteiger partial charge in [0, 0.05) is 19.0 Å². The fourth-order valence-corrected chi connectivity index (χ4v) is 3.76. The first-order valence-corrected chi connectivity index (χ1v) is 8.04. The molecule has 0 amide bonds. The van der Waals surface area contributed by atoms with Gasteiger partial charge < -0.3 is 4.74 Å². The molecule has 0 bridgehead atoms. The summed E-state index contributed by atoms with van der Waals surface area (Å²) in [6, 6.07) is 4.84. The van der Waals surface area contributed by atoms with Gasteiger partial charge in [0.1, 0.15) is 11.5 Å². The lowest BCUT2D eigenvalue weighted by atomic mass is 9.99. The summed E-state index contributed by atoms with van der Waals surface area (Å²) in [7, 11) is -3.50. The number of Topliss-reactive ketones (excluding diaryl/α,β-unsaturated/α-hetero) is 1. The number of rotatable bonds is 5. The van der Waals surface area contributed by atoms with Crippen LogP contribution in [0.15, 0.2) is 23.1 Å². The standard InChI is InChI=1S/C14H19NO4S/c1-4-19-14-6-5-13(7-10(14)2)20(17,18)15-8-12(9-15)11(3)16/h5-7,12H,4,8-9H2,1-3H3. The maximum absolute atomic E-state index is 12.4. The number of carbonyl (C=O) groups is 1. The molecule has 1 saturated heterocycles. The number of hydrogen-bond acceptors (Lipinski definition) is 4. The molecule has 1 fully saturated rings. The second kappa shape index (κ2) is 5.54. The number of ether oxygens (including phenoxy) is 1. The fourth-order valence-electron chi connectivity index (χ4n) is 2.14. The quantitative estimate of drug-likeness (QED) is 0.828. The van der Waals surface area contributed by atoms with Crippen LogP contribution in [0.1, 0.15) is 19.4 Å². The molecule has 5 nitrogen and oxygen atoms in total. The topological polar surface area (TPSA) is 63.7 Å². The molecule has 1 aromatic rings. The van der Waals surface area contributed by atoms with E-state index in [4.69, 9.17) is 4.74 Å². The normalized spacial score (nSPS) is 16.8. The molecule has 1 aliphatic rings. The van der Waals surface area contributed by atoms with Crippen LogP contribution in [-0.2, 0) is 14.8 Å². The largest absolute Gasteiger partial charge is 0.494 e. The molecule has 20 heavy (non-hydrogen) atoms. The smallest absolute Gasteiger partial charge is 0.243 e. The Morgan fingerprint density at radius 3 is 2.55 bits per heavy atom. The summed E-state index contributed by atoms with van der Waals surface area (Å²) in [6.07, 6.45) is 0. The lowest BCUT2D eigenvalue weighted by Gasteiger charge is -2.36. The van der Waals surface area contributed by atoms with Crippen LogP contribution in [-0.4, -0.2) is 38.2 Å². The van der Waals surface area contributed by atoms with Crippen LogP contribution < -0.4 is 4.74 Å². The molecule has 1 aliphatic heterocycles. The monoisotopic (exact) mass is 297 g/mol. The molecule has 0 N–H and O–H groups in total. The van der Waals surface area contributed by atoms with Crippen molar-refractivity contribution in [1.82, 2.24) is 4.31 Å². The summed E-state index contributed by atoms with van der Waals surface area (Å²) < 4.78 is 31.5. The summed E-state index contributed by atoms with van der Waals surface area (Å²) >= 11 is 0. The van der Waals surface area contributed by atoms with E-state index < -0.39 is 10.0 Å². The summed E-state index contributed by atoms with van der Waals surface area (Å²) in [5.41, 5.74) is 0.788. The molecule has 1 aromatic carbocycles. The number of hydrogen-bond donors (Lipinski definition) is 0. The minimum Gasteiger partial charge on any atom is -0.494 e. The van der Waals surface area contributed by atoms with Gasteiger partial charge in [0.25, 0.3) is 0 Å². The van der Waals surface area contributed by atoms with Gasteiger partial charge in [-0.05, 0) is 44.5 Å². The maximum atomic E-state index is 12.4. The third-order valence-corrected chi connectivity index (χ3v) is 5.33. The van der Waals surface area contributed by atoms with Crippen molar-refractivity contribution in [2.75, 3.05) is 19.7 Å². The zero-order chi connectivity index (χ0) is 14.9. The molecule has 0 atom stereocenters. The van der Waals surface area contributed by atoms with Crippen molar-refractivity contribution in [2.24, 2.45) is 5.92 Å². The molecular weight excluding hydrogens is 278 g/mol. The Bertz CT molecular complexity index is 618. The van der Waals surface area contributed by atoms with Crippen molar-refractivity contribution in [3.8, 4) is 5.75 Å². The Morgan fingerprint density at radius 1 is 1.40 bits per heavy atom. The summed E-state index contributed by atoms with van der Waals surface area (Å²) in [5.74, 6) is 0.574. The Kier molecular flexibility index (Phi) is 4.15. The van der Waals surface area contributed by atoms with Crippen LogP contribution in [0.3, 0.4) is 0 Å². The van der Waals surface area contributed by atoms with Gasteiger partial charge in [-0.2, -0.15) is 4.31 Å². The molecule has 0 radical (unpaired) electrons. The van der Waals surface area contributed by atoms with Crippen LogP contribution in [0.5, 0.6) is 5.75 Å². The van der Waals surface area contributed by atoms with Crippen molar-refractivity contribution >= 4 is 15.8 Å². The van der Waals surface area contributed by atoms with Crippen molar-refractivity contribution in [1.29, 1.82) is 0 Å². The fraction of sp³-hybridized carbons (Fsp3) is 0.500. The number of ketones is 1. The van der Waals surface area contributed by atoms with Crippen LogP contribution >= 0.6 is 0 Å². The second-order valence-electron chi connectivity index (χ2n) is 4.99. The van der Waals surface area contributed by atoms with Crippen LogP contribution in [0, 0.1) is 12.8 Å². The average Bonchev–Trinajstić information content (AvgIpc) is 2.28. The van der Waals surface area contributed by atoms with Gasteiger partial charge in [-0.3, -0.25) is 4.79 Å². The average molecular weight is 297 g/mol. The first-order chi connectivity index (χ1) is 9.36. The molecule has 0 aromatic heterocycles. The van der Waals surface area contributed by atoms with E-state index in [1.54, 1.807) is 18.2 Å². The summed E-state index contributed by atoms with van der Waals surface area (Å²) in [4.78, 5) is 11.4. The van der Waals surface area contributed by atoms with Crippen molar-refractivity contribution in [3.63, 3.8) is 0 Å². The summed E-state index contributed by atoms with van der Waals surface area (Å²) in [6.45, 7) is 6.30. The van der Waals surface area contributed by atoms with Crippen LogP contribution in [0.4, 0.5) is 0 Å². The van der Waals surface area contributed by atoms with E-state index in [-0.39, 0.29) is 29.7 Å². The number of sulfonamides is 1. The molecule has 0 aliphatic carbocycles. The molecule has 1 heterocycles. The Labute approximate surface area is 119 Å². The number of nitrogens with zero attached hydrogens (tertiary/aromatic N) is 1. The summed E-state index contributed by atoms with van der Waals surface area (Å²) in [5, 5.41) is 0. The number of carbonyl (C=O) groups excluding carboxylic acids is 1. The minimum atomic E-state index is -3.50. The molecular formula is C14H19NO4S. The van der Waals surface area contributed by atoms with Gasteiger partial charge in [0.05, 0.1) is 11.5 Å². The lowest BCUT2D eigenvalue weighted by molar-refractivity contribution is -0.123. The van der Waals surface area contributed by atoms with Crippen molar-refractivity contribution < 1.29 is 17.9 Å². The van der Waals surface area contributed by atoms with E-state index in [0.29, 0.717) is 12.4 Å². The van der Waals surface area contributed by atoms with Gasteiger partial charge in [-0.1, -0.05) is 0 Å². The van der Waals surface area contributed by atoms with Gasteiger partial charge in [0.2, 0.25) is 10.0 Å². The molecule has 0 unspecified atom stereocenters. The first kappa shape index (κ1) is 15.0. The van der Waals surface area contributed by atoms with Gasteiger partial charge in [-0.15, -0.1) is 0 Å². The Morgan fingerprint density at radius 2 is 2.05 bits per heavy atom. The molecule has 110 valence electrons. The second-order valence-corrected chi connectivity index (χ2v) is 6.93. The van der Waals surface area contributed by atoms with E-state index in [0.717, 1.165) is 5.56 Å². The Hall–Kier alpha value is -1.40. The number of aryl methyl sites for hydroxylation is 1. The maximum Gasteiger partial charge on any atom is 0.243 e. The van der Waals surface area contributed by atoms with Gasteiger partial charge >= 0.3 is 0 Å². The highest BCUT2D eigenvalue weighted by molar-refractivity contribution is 7.89.